The van der Waals surface area contributed by atoms with Crippen LogP contribution in [0.5, 0.6) is 5.75 Å². The SMILES string of the molecule is C/C(=N/OC(CCc1ccc(OCc2ccc3ccccc3n2)cc1)C1CCCCC1)C(=O)O. The lowest BCUT2D eigenvalue weighted by molar-refractivity contribution is -0.129. The van der Waals surface area contributed by atoms with Gasteiger partial charge in [-0.05, 0) is 68.4 Å². The molecule has 0 aliphatic heterocycles. The van der Waals surface area contributed by atoms with Crippen molar-refractivity contribution in [2.24, 2.45) is 11.1 Å². The molecular weight excluding hydrogens is 428 g/mol. The zero-order chi connectivity index (χ0) is 23.8. The first-order chi connectivity index (χ1) is 16.6. The second-order valence-corrected chi connectivity index (χ2v) is 8.99. The van der Waals surface area contributed by atoms with E-state index in [2.05, 4.69) is 34.4 Å². The number of hydrogen-bond donors (Lipinski definition) is 1. The summed E-state index contributed by atoms with van der Waals surface area (Å²) in [5, 5.41) is 14.1. The van der Waals surface area contributed by atoms with Gasteiger partial charge in [0, 0.05) is 5.39 Å². The Morgan fingerprint density at radius 3 is 2.59 bits per heavy atom. The van der Waals surface area contributed by atoms with E-state index < -0.39 is 5.97 Å². The minimum atomic E-state index is -1.04. The molecule has 1 heterocycles. The van der Waals surface area contributed by atoms with Gasteiger partial charge < -0.3 is 14.7 Å². The number of benzene rings is 2. The van der Waals surface area contributed by atoms with Gasteiger partial charge in [-0.2, -0.15) is 0 Å². The number of nitrogens with zero attached hydrogens (tertiary/aromatic N) is 2. The van der Waals surface area contributed by atoms with Gasteiger partial charge in [0.05, 0.1) is 11.2 Å². The second-order valence-electron chi connectivity index (χ2n) is 8.99. The maximum Gasteiger partial charge on any atom is 0.353 e. The number of rotatable bonds is 10. The fourth-order valence-electron chi connectivity index (χ4n) is 4.47. The van der Waals surface area contributed by atoms with Crippen molar-refractivity contribution < 1.29 is 19.5 Å². The number of oxime groups is 1. The van der Waals surface area contributed by atoms with E-state index in [1.165, 1.54) is 31.7 Å². The van der Waals surface area contributed by atoms with E-state index in [4.69, 9.17) is 14.7 Å². The Labute approximate surface area is 200 Å². The molecule has 1 aromatic heterocycles. The molecule has 1 fully saturated rings. The van der Waals surface area contributed by atoms with Gasteiger partial charge in [-0.15, -0.1) is 0 Å². The van der Waals surface area contributed by atoms with Crippen molar-refractivity contribution in [2.75, 3.05) is 0 Å². The first kappa shape index (κ1) is 23.7. The molecule has 178 valence electrons. The van der Waals surface area contributed by atoms with Gasteiger partial charge in [0.15, 0.2) is 5.71 Å². The number of aromatic nitrogens is 1. The van der Waals surface area contributed by atoms with Crippen molar-refractivity contribution in [1.29, 1.82) is 0 Å². The predicted molar refractivity (Wildman–Crippen MR) is 133 cm³/mol. The van der Waals surface area contributed by atoms with E-state index in [0.29, 0.717) is 12.5 Å². The van der Waals surface area contributed by atoms with E-state index in [1.807, 2.05) is 36.4 Å². The average Bonchev–Trinajstić information content (AvgIpc) is 2.88. The molecule has 1 aliphatic carbocycles. The van der Waals surface area contributed by atoms with Crippen LogP contribution in [0, 0.1) is 5.92 Å². The molecule has 1 atom stereocenters. The molecule has 4 rings (SSSR count). The standard InChI is InChI=1S/C28H32N2O4/c1-20(28(31)32)30-34-27(23-8-3-2-4-9-23)18-13-21-11-16-25(17-12-21)33-19-24-15-14-22-7-5-6-10-26(22)29-24/h5-7,10-12,14-17,23,27H,2-4,8-9,13,18-19H2,1H3,(H,31,32)/b30-20-. The normalized spacial score (nSPS) is 15.7. The van der Waals surface area contributed by atoms with E-state index in [1.54, 1.807) is 0 Å². The summed E-state index contributed by atoms with van der Waals surface area (Å²) in [6.07, 6.45) is 7.47. The number of carbonyl (C=O) groups is 1. The van der Waals surface area contributed by atoms with Crippen molar-refractivity contribution in [1.82, 2.24) is 4.98 Å². The first-order valence-electron chi connectivity index (χ1n) is 12.1. The monoisotopic (exact) mass is 460 g/mol. The number of ether oxygens (including phenoxy) is 1. The van der Waals surface area contributed by atoms with Gasteiger partial charge in [0.2, 0.25) is 0 Å². The average molecular weight is 461 g/mol. The van der Waals surface area contributed by atoms with Crippen LogP contribution in [0.4, 0.5) is 0 Å². The minimum Gasteiger partial charge on any atom is -0.487 e. The van der Waals surface area contributed by atoms with Crippen molar-refractivity contribution in [3.8, 4) is 5.75 Å². The quantitative estimate of drug-likeness (QED) is 0.289. The van der Waals surface area contributed by atoms with Crippen LogP contribution in [0.2, 0.25) is 0 Å². The summed E-state index contributed by atoms with van der Waals surface area (Å²) in [6.45, 7) is 1.88. The highest BCUT2D eigenvalue weighted by atomic mass is 16.6. The molecule has 1 unspecified atom stereocenters. The minimum absolute atomic E-state index is 0.0109. The summed E-state index contributed by atoms with van der Waals surface area (Å²) in [4.78, 5) is 21.5. The van der Waals surface area contributed by atoms with Gasteiger partial charge >= 0.3 is 5.97 Å². The van der Waals surface area contributed by atoms with Crippen LogP contribution in [0.1, 0.15) is 56.7 Å². The summed E-state index contributed by atoms with van der Waals surface area (Å²) in [6, 6.07) is 20.2. The molecule has 0 radical (unpaired) electrons. The molecule has 0 amide bonds. The number of pyridine rings is 1. The Balaban J connectivity index is 1.32. The van der Waals surface area contributed by atoms with Gasteiger partial charge in [-0.3, -0.25) is 0 Å². The van der Waals surface area contributed by atoms with Crippen LogP contribution in [-0.2, 0) is 22.7 Å². The highest BCUT2D eigenvalue weighted by Gasteiger charge is 2.25. The summed E-state index contributed by atoms with van der Waals surface area (Å²) < 4.78 is 5.94. The molecule has 2 aromatic carbocycles. The molecule has 1 aliphatic rings. The van der Waals surface area contributed by atoms with Gasteiger partial charge in [-0.25, -0.2) is 9.78 Å². The third-order valence-electron chi connectivity index (χ3n) is 6.49. The molecule has 1 saturated carbocycles. The Morgan fingerprint density at radius 2 is 1.82 bits per heavy atom. The zero-order valence-electron chi connectivity index (χ0n) is 19.7. The maximum absolute atomic E-state index is 11.1. The smallest absolute Gasteiger partial charge is 0.353 e. The molecule has 0 spiro atoms. The van der Waals surface area contributed by atoms with Crippen molar-refractivity contribution in [2.45, 2.75) is 64.6 Å². The summed E-state index contributed by atoms with van der Waals surface area (Å²) in [5.74, 6) is 0.188. The highest BCUT2D eigenvalue weighted by Crippen LogP contribution is 2.30. The largest absolute Gasteiger partial charge is 0.487 e. The van der Waals surface area contributed by atoms with Crippen molar-refractivity contribution >= 4 is 22.6 Å². The molecule has 0 saturated heterocycles. The van der Waals surface area contributed by atoms with E-state index in [9.17, 15) is 4.79 Å². The molecule has 3 aromatic rings. The zero-order valence-corrected chi connectivity index (χ0v) is 19.7. The molecule has 0 bridgehead atoms. The predicted octanol–water partition coefficient (Wildman–Crippen LogP) is 6.17. The molecular formula is C28H32N2O4. The summed E-state index contributed by atoms with van der Waals surface area (Å²) in [7, 11) is 0. The van der Waals surface area contributed by atoms with Crippen LogP contribution < -0.4 is 4.74 Å². The topological polar surface area (TPSA) is 81.0 Å². The summed E-state index contributed by atoms with van der Waals surface area (Å²) in [5.41, 5.74) is 3.05. The van der Waals surface area contributed by atoms with E-state index >= 15 is 0 Å². The van der Waals surface area contributed by atoms with Gasteiger partial charge in [0.25, 0.3) is 0 Å². The number of carboxylic acids is 1. The molecule has 34 heavy (non-hydrogen) atoms. The number of hydrogen-bond acceptors (Lipinski definition) is 5. The Kier molecular flexibility index (Phi) is 8.12. The third-order valence-corrected chi connectivity index (χ3v) is 6.49. The lowest BCUT2D eigenvalue weighted by atomic mass is 9.83. The molecule has 6 nitrogen and oxygen atoms in total. The summed E-state index contributed by atoms with van der Waals surface area (Å²) >= 11 is 0. The van der Waals surface area contributed by atoms with Crippen LogP contribution in [-0.4, -0.2) is 27.9 Å². The van der Waals surface area contributed by atoms with Crippen LogP contribution in [0.25, 0.3) is 10.9 Å². The Bertz CT molecular complexity index is 1120. The van der Waals surface area contributed by atoms with E-state index in [-0.39, 0.29) is 11.8 Å². The number of para-hydroxylation sites is 1. The number of aryl methyl sites for hydroxylation is 1. The second kappa shape index (κ2) is 11.6. The van der Waals surface area contributed by atoms with Gasteiger partial charge in [0.1, 0.15) is 18.5 Å². The molecule has 6 heteroatoms. The van der Waals surface area contributed by atoms with E-state index in [0.717, 1.165) is 48.0 Å². The van der Waals surface area contributed by atoms with Gasteiger partial charge in [-0.1, -0.05) is 60.8 Å². The van der Waals surface area contributed by atoms with Crippen LogP contribution in [0.15, 0.2) is 65.8 Å². The Hall–Kier alpha value is -3.41. The number of carboxylic acid groups (broad SMARTS) is 1. The van der Waals surface area contributed by atoms with Crippen molar-refractivity contribution in [3.63, 3.8) is 0 Å². The highest BCUT2D eigenvalue weighted by molar-refractivity contribution is 6.34. The Morgan fingerprint density at radius 1 is 1.06 bits per heavy atom. The number of fused-ring (bicyclic) bond motifs is 1. The van der Waals surface area contributed by atoms with Crippen LogP contribution in [0.3, 0.4) is 0 Å². The maximum atomic E-state index is 11.1. The fourth-order valence-corrected chi connectivity index (χ4v) is 4.47. The lowest BCUT2D eigenvalue weighted by Gasteiger charge is -2.28. The van der Waals surface area contributed by atoms with Crippen molar-refractivity contribution in [3.05, 3.63) is 71.9 Å². The van der Waals surface area contributed by atoms with Crippen LogP contribution >= 0.6 is 0 Å². The third kappa shape index (κ3) is 6.56. The fraction of sp³-hybridized carbons (Fsp3) is 0.393. The number of aliphatic carboxylic acids is 1. The molecule has 1 N–H and O–H groups in total. The lowest BCUT2D eigenvalue weighted by Crippen LogP contribution is -2.26. The first-order valence-corrected chi connectivity index (χ1v) is 12.1.